The maximum absolute atomic E-state index is 13.8. The SMILES string of the molecule is CC(=O)Nc1ccc(S(=O)(=O)N(CCC2=CCCCC2)C2CC(=O)N(c3ccc(S(N)(=O)=O)cc3)C2=O)cc1. The maximum atomic E-state index is 13.8. The highest BCUT2D eigenvalue weighted by molar-refractivity contribution is 7.89. The van der Waals surface area contributed by atoms with Gasteiger partial charge in [-0.1, -0.05) is 11.6 Å². The first-order chi connectivity index (χ1) is 18.4. The molecule has 1 atom stereocenters. The van der Waals surface area contributed by atoms with Gasteiger partial charge in [0.05, 0.1) is 21.9 Å². The Morgan fingerprint density at radius 1 is 1.00 bits per heavy atom. The van der Waals surface area contributed by atoms with E-state index in [2.05, 4.69) is 11.4 Å². The van der Waals surface area contributed by atoms with Crippen molar-refractivity contribution < 1.29 is 31.2 Å². The number of nitrogens with one attached hydrogen (secondary N) is 1. The molecule has 1 saturated heterocycles. The average Bonchev–Trinajstić information content (AvgIpc) is 3.17. The molecule has 4 rings (SSSR count). The van der Waals surface area contributed by atoms with Gasteiger partial charge in [-0.25, -0.2) is 26.9 Å². The fraction of sp³-hybridized carbons (Fsp3) is 0.346. The fourth-order valence-corrected chi connectivity index (χ4v) is 6.87. The molecule has 3 N–H and O–H groups in total. The number of nitrogens with zero attached hydrogens (tertiary/aromatic N) is 2. The summed E-state index contributed by atoms with van der Waals surface area (Å²) in [7, 11) is -8.20. The van der Waals surface area contributed by atoms with Crippen LogP contribution in [0.3, 0.4) is 0 Å². The van der Waals surface area contributed by atoms with Crippen LogP contribution in [0.4, 0.5) is 11.4 Å². The van der Waals surface area contributed by atoms with Crippen molar-refractivity contribution in [3.8, 4) is 0 Å². The number of allylic oxidation sites excluding steroid dienone is 1. The molecule has 1 heterocycles. The van der Waals surface area contributed by atoms with E-state index in [1.165, 1.54) is 55.5 Å². The molecule has 1 fully saturated rings. The summed E-state index contributed by atoms with van der Waals surface area (Å²) in [6, 6.07) is 9.25. The summed E-state index contributed by atoms with van der Waals surface area (Å²) in [5.41, 5.74) is 1.64. The minimum Gasteiger partial charge on any atom is -0.326 e. The number of sulfonamides is 2. The van der Waals surface area contributed by atoms with Crippen LogP contribution in [0, 0.1) is 0 Å². The molecule has 2 aromatic rings. The van der Waals surface area contributed by atoms with Crippen LogP contribution in [-0.4, -0.2) is 51.4 Å². The lowest BCUT2D eigenvalue weighted by atomic mass is 9.97. The first-order valence-corrected chi connectivity index (χ1v) is 15.4. The van der Waals surface area contributed by atoms with E-state index in [1.54, 1.807) is 0 Å². The van der Waals surface area contributed by atoms with Gasteiger partial charge in [-0.3, -0.25) is 14.4 Å². The van der Waals surface area contributed by atoms with E-state index in [4.69, 9.17) is 5.14 Å². The Labute approximate surface area is 227 Å². The first-order valence-electron chi connectivity index (χ1n) is 12.4. The van der Waals surface area contributed by atoms with Crippen molar-refractivity contribution in [3.63, 3.8) is 0 Å². The summed E-state index contributed by atoms with van der Waals surface area (Å²) >= 11 is 0. The molecule has 39 heavy (non-hydrogen) atoms. The number of imide groups is 1. The van der Waals surface area contributed by atoms with Crippen molar-refractivity contribution in [2.45, 2.75) is 61.3 Å². The second-order valence-electron chi connectivity index (χ2n) is 9.51. The lowest BCUT2D eigenvalue weighted by Gasteiger charge is -2.28. The number of anilines is 2. The number of hydrogen-bond acceptors (Lipinski definition) is 7. The minimum atomic E-state index is -4.22. The molecule has 2 aliphatic rings. The van der Waals surface area contributed by atoms with Crippen LogP contribution in [0.5, 0.6) is 0 Å². The van der Waals surface area contributed by atoms with Crippen LogP contribution in [0.2, 0.25) is 0 Å². The molecule has 0 saturated carbocycles. The molecular weight excluding hydrogens is 544 g/mol. The number of hydrogen-bond donors (Lipinski definition) is 2. The van der Waals surface area contributed by atoms with Crippen molar-refractivity contribution >= 4 is 49.1 Å². The van der Waals surface area contributed by atoms with Gasteiger partial charge in [0.1, 0.15) is 6.04 Å². The van der Waals surface area contributed by atoms with E-state index in [0.717, 1.165) is 40.5 Å². The largest absolute Gasteiger partial charge is 0.326 e. The first kappa shape index (κ1) is 28.6. The molecule has 1 aliphatic carbocycles. The smallest absolute Gasteiger partial charge is 0.252 e. The van der Waals surface area contributed by atoms with E-state index in [1.807, 2.05) is 0 Å². The van der Waals surface area contributed by atoms with Gasteiger partial charge in [0, 0.05) is 19.2 Å². The van der Waals surface area contributed by atoms with E-state index in [9.17, 15) is 31.2 Å². The lowest BCUT2D eigenvalue weighted by Crippen LogP contribution is -2.46. The Hall–Kier alpha value is -3.39. The highest BCUT2D eigenvalue weighted by Crippen LogP contribution is 2.31. The molecule has 0 aromatic heterocycles. The number of carbonyl (C=O) groups excluding carboxylic acids is 3. The Bertz CT molecular complexity index is 1520. The van der Waals surface area contributed by atoms with Gasteiger partial charge >= 0.3 is 0 Å². The van der Waals surface area contributed by atoms with Crippen molar-refractivity contribution in [1.82, 2.24) is 4.31 Å². The molecule has 1 aliphatic heterocycles. The Balaban J connectivity index is 1.66. The number of primary sulfonamides is 1. The topological polar surface area (TPSA) is 164 Å². The Morgan fingerprint density at radius 3 is 2.21 bits per heavy atom. The third kappa shape index (κ3) is 6.44. The Morgan fingerprint density at radius 2 is 1.64 bits per heavy atom. The average molecular weight is 575 g/mol. The number of rotatable bonds is 9. The van der Waals surface area contributed by atoms with Crippen LogP contribution in [0.15, 0.2) is 70.0 Å². The van der Waals surface area contributed by atoms with Gasteiger partial charge in [-0.15, -0.1) is 0 Å². The summed E-state index contributed by atoms with van der Waals surface area (Å²) in [5.74, 6) is -1.63. The highest BCUT2D eigenvalue weighted by Gasteiger charge is 2.46. The molecule has 208 valence electrons. The fourth-order valence-electron chi connectivity index (χ4n) is 4.77. The van der Waals surface area contributed by atoms with Gasteiger partial charge < -0.3 is 5.32 Å². The normalized spacial score (nSPS) is 18.4. The molecule has 0 bridgehead atoms. The van der Waals surface area contributed by atoms with E-state index < -0.39 is 37.9 Å². The summed E-state index contributed by atoms with van der Waals surface area (Å²) in [4.78, 5) is 38.5. The molecule has 0 radical (unpaired) electrons. The second-order valence-corrected chi connectivity index (χ2v) is 13.0. The van der Waals surface area contributed by atoms with Crippen LogP contribution in [0.1, 0.15) is 45.4 Å². The van der Waals surface area contributed by atoms with Crippen LogP contribution < -0.4 is 15.4 Å². The molecule has 1 unspecified atom stereocenters. The minimum absolute atomic E-state index is 0.00347. The molecule has 0 spiro atoms. The lowest BCUT2D eigenvalue weighted by molar-refractivity contribution is -0.122. The molecule has 3 amide bonds. The maximum Gasteiger partial charge on any atom is 0.252 e. The van der Waals surface area contributed by atoms with Gasteiger partial charge in [-0.2, -0.15) is 4.31 Å². The Kier molecular flexibility index (Phi) is 8.35. The van der Waals surface area contributed by atoms with Gasteiger partial charge in [0.15, 0.2) is 0 Å². The van der Waals surface area contributed by atoms with Crippen molar-refractivity contribution in [2.75, 3.05) is 16.8 Å². The summed E-state index contributed by atoms with van der Waals surface area (Å²) in [6.07, 6.45) is 5.99. The van der Waals surface area contributed by atoms with Crippen molar-refractivity contribution in [3.05, 3.63) is 60.2 Å². The van der Waals surface area contributed by atoms with E-state index in [-0.39, 0.29) is 34.4 Å². The van der Waals surface area contributed by atoms with E-state index >= 15 is 0 Å². The third-order valence-corrected chi connectivity index (χ3v) is 9.57. The van der Waals surface area contributed by atoms with Crippen LogP contribution in [-0.2, 0) is 34.4 Å². The number of carbonyl (C=O) groups is 3. The van der Waals surface area contributed by atoms with E-state index in [0.29, 0.717) is 12.1 Å². The van der Waals surface area contributed by atoms with Gasteiger partial charge in [0.2, 0.25) is 31.9 Å². The number of nitrogens with two attached hydrogens (primary N) is 1. The zero-order valence-electron chi connectivity index (χ0n) is 21.4. The van der Waals surface area contributed by atoms with Crippen molar-refractivity contribution in [2.24, 2.45) is 5.14 Å². The zero-order valence-corrected chi connectivity index (χ0v) is 23.0. The van der Waals surface area contributed by atoms with Crippen LogP contribution >= 0.6 is 0 Å². The summed E-state index contributed by atoms with van der Waals surface area (Å²) in [6.45, 7) is 1.34. The molecule has 13 heteroatoms. The van der Waals surface area contributed by atoms with Gasteiger partial charge in [0.25, 0.3) is 5.91 Å². The number of amides is 3. The standard InChI is InChI=1S/C26H30N4O7S2/c1-18(31)28-20-7-11-23(12-8-20)39(36,37)29(16-15-19-5-3-2-4-6-19)24-17-25(32)30(26(24)33)21-9-13-22(14-10-21)38(27,34)35/h5,7-14,24H,2-4,6,15-17H2,1H3,(H,28,31)(H2,27,34,35). The van der Waals surface area contributed by atoms with Crippen molar-refractivity contribution in [1.29, 1.82) is 0 Å². The predicted octanol–water partition coefficient (Wildman–Crippen LogP) is 2.51. The van der Waals surface area contributed by atoms with Gasteiger partial charge in [-0.05, 0) is 80.6 Å². The summed E-state index contributed by atoms with van der Waals surface area (Å²) < 4.78 is 51.9. The summed E-state index contributed by atoms with van der Waals surface area (Å²) in [5, 5.41) is 7.71. The molecular formula is C26H30N4O7S2. The van der Waals surface area contributed by atoms with Crippen LogP contribution in [0.25, 0.3) is 0 Å². The monoisotopic (exact) mass is 574 g/mol. The number of benzene rings is 2. The predicted molar refractivity (Wildman–Crippen MR) is 145 cm³/mol. The quantitative estimate of drug-likeness (QED) is 0.343. The third-order valence-electron chi connectivity index (χ3n) is 6.71. The zero-order chi connectivity index (χ0) is 28.4. The molecule has 11 nitrogen and oxygen atoms in total. The molecule has 2 aromatic carbocycles. The highest BCUT2D eigenvalue weighted by atomic mass is 32.2. The second kappa shape index (κ2) is 11.4.